The third-order valence-electron chi connectivity index (χ3n) is 2.80. The molecule has 1 aromatic carbocycles. The van der Waals surface area contributed by atoms with Gasteiger partial charge in [0.25, 0.3) is 0 Å². The zero-order valence-corrected chi connectivity index (χ0v) is 11.7. The second-order valence-corrected chi connectivity index (χ2v) is 4.54. The van der Waals surface area contributed by atoms with E-state index in [4.69, 9.17) is 0 Å². The molecule has 0 spiro atoms. The van der Waals surface area contributed by atoms with E-state index < -0.39 is 36.2 Å². The van der Waals surface area contributed by atoms with Crippen LogP contribution in [0.3, 0.4) is 0 Å². The lowest BCUT2D eigenvalue weighted by Gasteiger charge is -2.18. The molecule has 1 rings (SSSR count). The number of amides is 2. The van der Waals surface area contributed by atoms with E-state index in [0.29, 0.717) is 0 Å². The SMILES string of the molecule is CC(=O)NCC(=O)NCC(C(=O)C(F)(F)F)c1ccccc1. The Hall–Kier alpha value is -2.38. The Morgan fingerprint density at radius 2 is 1.68 bits per heavy atom. The summed E-state index contributed by atoms with van der Waals surface area (Å²) in [6, 6.07) is 7.38. The molecule has 0 bridgehead atoms. The molecule has 0 saturated heterocycles. The van der Waals surface area contributed by atoms with Gasteiger partial charge in [-0.3, -0.25) is 14.4 Å². The van der Waals surface area contributed by atoms with Gasteiger partial charge in [0.2, 0.25) is 17.6 Å². The van der Waals surface area contributed by atoms with E-state index in [1.165, 1.54) is 31.2 Å². The van der Waals surface area contributed by atoms with Crippen molar-refractivity contribution in [2.24, 2.45) is 0 Å². The van der Waals surface area contributed by atoms with Crippen molar-refractivity contribution >= 4 is 17.6 Å². The van der Waals surface area contributed by atoms with E-state index in [2.05, 4.69) is 10.6 Å². The number of hydrogen-bond donors (Lipinski definition) is 2. The summed E-state index contributed by atoms with van der Waals surface area (Å²) in [6.45, 7) is 0.338. The molecular formula is C14H15F3N2O3. The summed E-state index contributed by atoms with van der Waals surface area (Å²) in [5.41, 5.74) is 0.157. The van der Waals surface area contributed by atoms with Gasteiger partial charge in [0.05, 0.1) is 12.5 Å². The molecule has 0 aliphatic carbocycles. The number of halogens is 3. The van der Waals surface area contributed by atoms with Crippen molar-refractivity contribution in [3.05, 3.63) is 35.9 Å². The van der Waals surface area contributed by atoms with Gasteiger partial charge in [-0.15, -0.1) is 0 Å². The molecule has 0 saturated carbocycles. The van der Waals surface area contributed by atoms with E-state index in [1.807, 2.05) is 0 Å². The van der Waals surface area contributed by atoms with Crippen LogP contribution in [0.15, 0.2) is 30.3 Å². The molecule has 5 nitrogen and oxygen atoms in total. The molecule has 0 heterocycles. The van der Waals surface area contributed by atoms with Crippen molar-refractivity contribution < 1.29 is 27.6 Å². The van der Waals surface area contributed by atoms with Crippen molar-refractivity contribution in [2.45, 2.75) is 19.0 Å². The van der Waals surface area contributed by atoms with E-state index in [9.17, 15) is 27.6 Å². The molecule has 1 unspecified atom stereocenters. The third kappa shape index (κ3) is 5.55. The zero-order chi connectivity index (χ0) is 16.8. The van der Waals surface area contributed by atoms with Gasteiger partial charge >= 0.3 is 6.18 Å². The van der Waals surface area contributed by atoms with Gasteiger partial charge in [-0.25, -0.2) is 0 Å². The van der Waals surface area contributed by atoms with Crippen LogP contribution in [-0.2, 0) is 14.4 Å². The summed E-state index contributed by atoms with van der Waals surface area (Å²) in [5.74, 6) is -4.58. The molecule has 8 heteroatoms. The van der Waals surface area contributed by atoms with Gasteiger partial charge in [-0.05, 0) is 5.56 Å². The molecule has 1 atom stereocenters. The molecule has 1 aromatic rings. The maximum Gasteiger partial charge on any atom is 0.450 e. The highest BCUT2D eigenvalue weighted by Gasteiger charge is 2.43. The molecule has 0 fully saturated rings. The molecule has 0 aliphatic heterocycles. The average molecular weight is 316 g/mol. The molecule has 2 N–H and O–H groups in total. The van der Waals surface area contributed by atoms with Crippen LogP contribution in [-0.4, -0.2) is 36.9 Å². The van der Waals surface area contributed by atoms with Crippen molar-refractivity contribution in [1.29, 1.82) is 0 Å². The van der Waals surface area contributed by atoms with Crippen LogP contribution in [0, 0.1) is 0 Å². The van der Waals surface area contributed by atoms with Gasteiger partial charge in [0, 0.05) is 13.5 Å². The number of Topliss-reactive ketones (excluding diaryl/α,β-unsaturated/α-hetero) is 1. The van der Waals surface area contributed by atoms with Crippen LogP contribution in [0.25, 0.3) is 0 Å². The summed E-state index contributed by atoms with van der Waals surface area (Å²) in [5, 5.41) is 4.43. The predicted octanol–water partition coefficient (Wildman–Crippen LogP) is 1.15. The van der Waals surface area contributed by atoms with E-state index in [1.54, 1.807) is 6.07 Å². The van der Waals surface area contributed by atoms with Crippen LogP contribution in [0.2, 0.25) is 0 Å². The van der Waals surface area contributed by atoms with E-state index in [-0.39, 0.29) is 12.1 Å². The number of carbonyl (C=O) groups excluding carboxylic acids is 3. The molecule has 0 aromatic heterocycles. The number of alkyl halides is 3. The zero-order valence-electron chi connectivity index (χ0n) is 11.7. The summed E-state index contributed by atoms with van der Waals surface area (Å²) in [4.78, 5) is 33.6. The average Bonchev–Trinajstić information content (AvgIpc) is 2.45. The standard InChI is InChI=1S/C14H15F3N2O3/c1-9(20)18-8-12(21)19-7-11(13(22)14(15,16)17)10-5-3-2-4-6-10/h2-6,11H,7-8H2,1H3,(H,18,20)(H,19,21). The smallest absolute Gasteiger partial charge is 0.353 e. The summed E-state index contributed by atoms with van der Waals surface area (Å²) < 4.78 is 37.9. The first-order chi connectivity index (χ1) is 10.2. The highest BCUT2D eigenvalue weighted by molar-refractivity contribution is 5.91. The highest BCUT2D eigenvalue weighted by atomic mass is 19.4. The lowest BCUT2D eigenvalue weighted by atomic mass is 9.94. The van der Waals surface area contributed by atoms with Gasteiger partial charge in [-0.1, -0.05) is 30.3 Å². The first kappa shape index (κ1) is 17.7. The lowest BCUT2D eigenvalue weighted by Crippen LogP contribution is -2.41. The highest BCUT2D eigenvalue weighted by Crippen LogP contribution is 2.27. The van der Waals surface area contributed by atoms with Gasteiger partial charge < -0.3 is 10.6 Å². The minimum absolute atomic E-state index is 0.157. The second kappa shape index (κ2) is 7.58. The molecule has 22 heavy (non-hydrogen) atoms. The van der Waals surface area contributed by atoms with Gasteiger partial charge in [0.15, 0.2) is 0 Å². The fourth-order valence-corrected chi connectivity index (χ4v) is 1.73. The molecule has 0 aliphatic rings. The van der Waals surface area contributed by atoms with Crippen molar-refractivity contribution in [3.8, 4) is 0 Å². The first-order valence-electron chi connectivity index (χ1n) is 6.39. The van der Waals surface area contributed by atoms with Crippen molar-refractivity contribution in [3.63, 3.8) is 0 Å². The maximum absolute atomic E-state index is 12.6. The Balaban J connectivity index is 2.78. The Labute approximate surface area is 124 Å². The fourth-order valence-electron chi connectivity index (χ4n) is 1.73. The van der Waals surface area contributed by atoms with Crippen molar-refractivity contribution in [1.82, 2.24) is 10.6 Å². The fraction of sp³-hybridized carbons (Fsp3) is 0.357. The normalized spacial score (nSPS) is 12.4. The van der Waals surface area contributed by atoms with Crippen LogP contribution < -0.4 is 10.6 Å². The number of hydrogen-bond acceptors (Lipinski definition) is 3. The lowest BCUT2D eigenvalue weighted by molar-refractivity contribution is -0.172. The minimum Gasteiger partial charge on any atom is -0.353 e. The Morgan fingerprint density at radius 1 is 1.09 bits per heavy atom. The first-order valence-corrected chi connectivity index (χ1v) is 6.39. The largest absolute Gasteiger partial charge is 0.450 e. The predicted molar refractivity (Wildman–Crippen MR) is 71.9 cm³/mol. The third-order valence-corrected chi connectivity index (χ3v) is 2.80. The summed E-state index contributed by atoms with van der Waals surface area (Å²) >= 11 is 0. The molecule has 0 radical (unpaired) electrons. The Morgan fingerprint density at radius 3 is 2.18 bits per heavy atom. The number of benzene rings is 1. The topological polar surface area (TPSA) is 75.3 Å². The van der Waals surface area contributed by atoms with E-state index >= 15 is 0 Å². The Kier molecular flexibility index (Phi) is 6.09. The number of carbonyl (C=O) groups is 3. The molecule has 120 valence electrons. The minimum atomic E-state index is -5.00. The second-order valence-electron chi connectivity index (χ2n) is 4.54. The molecule has 2 amide bonds. The van der Waals surface area contributed by atoms with Crippen LogP contribution in [0.4, 0.5) is 13.2 Å². The number of nitrogens with one attached hydrogen (secondary N) is 2. The van der Waals surface area contributed by atoms with Crippen LogP contribution in [0.1, 0.15) is 18.4 Å². The van der Waals surface area contributed by atoms with Crippen LogP contribution >= 0.6 is 0 Å². The Bertz CT molecular complexity index is 544. The van der Waals surface area contributed by atoms with Gasteiger partial charge in [-0.2, -0.15) is 13.2 Å². The van der Waals surface area contributed by atoms with Crippen LogP contribution in [0.5, 0.6) is 0 Å². The molecular weight excluding hydrogens is 301 g/mol. The monoisotopic (exact) mass is 316 g/mol. The van der Waals surface area contributed by atoms with Gasteiger partial charge in [0.1, 0.15) is 0 Å². The maximum atomic E-state index is 12.6. The summed E-state index contributed by atoms with van der Waals surface area (Å²) in [7, 11) is 0. The van der Waals surface area contributed by atoms with E-state index in [0.717, 1.165) is 0 Å². The number of ketones is 1. The quantitative estimate of drug-likeness (QED) is 0.827. The van der Waals surface area contributed by atoms with Crippen molar-refractivity contribution in [2.75, 3.05) is 13.1 Å². The summed E-state index contributed by atoms with van der Waals surface area (Å²) in [6.07, 6.45) is -5.00. The number of rotatable bonds is 6.